The first kappa shape index (κ1) is 14.5. The summed E-state index contributed by atoms with van der Waals surface area (Å²) >= 11 is 0. The van der Waals surface area contributed by atoms with Crippen LogP contribution in [0.4, 0.5) is 0 Å². The van der Waals surface area contributed by atoms with Crippen molar-refractivity contribution in [3.8, 4) is 0 Å². The number of nitrogens with zero attached hydrogens (tertiary/aromatic N) is 1. The molecule has 0 aliphatic heterocycles. The van der Waals surface area contributed by atoms with Crippen molar-refractivity contribution in [3.05, 3.63) is 0 Å². The molecule has 0 aromatic rings. The van der Waals surface area contributed by atoms with Crippen molar-refractivity contribution in [3.63, 3.8) is 0 Å². The van der Waals surface area contributed by atoms with Crippen molar-refractivity contribution in [1.82, 2.24) is 10.2 Å². The highest BCUT2D eigenvalue weighted by Crippen LogP contribution is 2.17. The Morgan fingerprint density at radius 2 is 2.12 bits per heavy atom. The van der Waals surface area contributed by atoms with Gasteiger partial charge in [-0.15, -0.1) is 0 Å². The van der Waals surface area contributed by atoms with Crippen LogP contribution < -0.4 is 5.32 Å². The zero-order valence-electron chi connectivity index (χ0n) is 11.4. The van der Waals surface area contributed by atoms with Crippen LogP contribution >= 0.6 is 0 Å². The van der Waals surface area contributed by atoms with Crippen molar-refractivity contribution < 1.29 is 9.53 Å². The average Bonchev–Trinajstić information content (AvgIpc) is 2.80. The average molecular weight is 242 g/mol. The summed E-state index contributed by atoms with van der Waals surface area (Å²) in [6.45, 7) is 5.85. The Hall–Kier alpha value is -0.610. The molecule has 1 unspecified atom stereocenters. The molecule has 1 atom stereocenters. The Kier molecular flexibility index (Phi) is 6.52. The Balaban J connectivity index is 2.32. The lowest BCUT2D eigenvalue weighted by atomic mass is 10.2. The molecule has 0 spiro atoms. The Morgan fingerprint density at radius 3 is 2.65 bits per heavy atom. The number of carbonyl (C=O) groups excluding carboxylic acids is 1. The molecule has 1 saturated carbocycles. The maximum Gasteiger partial charge on any atom is 0.236 e. The zero-order valence-corrected chi connectivity index (χ0v) is 11.4. The smallest absolute Gasteiger partial charge is 0.236 e. The van der Waals surface area contributed by atoms with Crippen molar-refractivity contribution in [2.24, 2.45) is 0 Å². The van der Waals surface area contributed by atoms with Gasteiger partial charge in [-0.05, 0) is 26.7 Å². The molecule has 0 saturated heterocycles. The molecule has 0 bridgehead atoms. The van der Waals surface area contributed by atoms with E-state index in [4.69, 9.17) is 4.74 Å². The van der Waals surface area contributed by atoms with Gasteiger partial charge in [-0.3, -0.25) is 4.79 Å². The van der Waals surface area contributed by atoms with Gasteiger partial charge in [-0.2, -0.15) is 0 Å². The third-order valence-corrected chi connectivity index (χ3v) is 3.50. The maximum atomic E-state index is 12.1. The number of amides is 1. The highest BCUT2D eigenvalue weighted by atomic mass is 16.5. The SMILES string of the molecule is CCN(C(=O)CNC1CCCC1)C(C)COC. The van der Waals surface area contributed by atoms with E-state index in [0.717, 1.165) is 6.54 Å². The van der Waals surface area contributed by atoms with Crippen LogP contribution in [0.5, 0.6) is 0 Å². The minimum absolute atomic E-state index is 0.155. The Morgan fingerprint density at radius 1 is 1.47 bits per heavy atom. The molecule has 1 N–H and O–H groups in total. The molecule has 4 heteroatoms. The Bertz CT molecular complexity index is 227. The van der Waals surface area contributed by atoms with Crippen molar-refractivity contribution in [1.29, 1.82) is 0 Å². The van der Waals surface area contributed by atoms with E-state index in [2.05, 4.69) is 5.32 Å². The second-order valence-electron chi connectivity index (χ2n) is 4.85. The first-order valence-corrected chi connectivity index (χ1v) is 6.70. The van der Waals surface area contributed by atoms with Gasteiger partial charge in [0, 0.05) is 19.7 Å². The number of likely N-dealkylation sites (N-methyl/N-ethyl adjacent to an activating group) is 1. The lowest BCUT2D eigenvalue weighted by Gasteiger charge is -2.28. The minimum Gasteiger partial charge on any atom is -0.383 e. The molecule has 1 amide bonds. The number of methoxy groups -OCH3 is 1. The summed E-state index contributed by atoms with van der Waals surface area (Å²) in [4.78, 5) is 13.9. The number of hydrogen-bond acceptors (Lipinski definition) is 3. The molecule has 17 heavy (non-hydrogen) atoms. The van der Waals surface area contributed by atoms with E-state index >= 15 is 0 Å². The maximum absolute atomic E-state index is 12.1. The molecule has 0 heterocycles. The number of nitrogens with one attached hydrogen (secondary N) is 1. The van der Waals surface area contributed by atoms with Gasteiger partial charge in [0.05, 0.1) is 19.2 Å². The van der Waals surface area contributed by atoms with Gasteiger partial charge < -0.3 is 15.0 Å². The van der Waals surface area contributed by atoms with Crippen LogP contribution in [0.2, 0.25) is 0 Å². The summed E-state index contributed by atoms with van der Waals surface area (Å²) in [7, 11) is 1.67. The summed E-state index contributed by atoms with van der Waals surface area (Å²) in [5, 5.41) is 3.36. The van der Waals surface area contributed by atoms with Crippen molar-refractivity contribution >= 4 is 5.91 Å². The van der Waals surface area contributed by atoms with Crippen LogP contribution in [0.3, 0.4) is 0 Å². The number of carbonyl (C=O) groups is 1. The van der Waals surface area contributed by atoms with Crippen LogP contribution in [0.1, 0.15) is 39.5 Å². The standard InChI is InChI=1S/C13H26N2O2/c1-4-15(11(2)10-17-3)13(16)9-14-12-7-5-6-8-12/h11-12,14H,4-10H2,1-3H3. The van der Waals surface area contributed by atoms with Crippen molar-refractivity contribution in [2.45, 2.75) is 51.6 Å². The minimum atomic E-state index is 0.155. The molecule has 1 aliphatic carbocycles. The normalized spacial score (nSPS) is 18.3. The molecule has 0 aromatic carbocycles. The van der Waals surface area contributed by atoms with E-state index in [1.165, 1.54) is 25.7 Å². The van der Waals surface area contributed by atoms with E-state index < -0.39 is 0 Å². The van der Waals surface area contributed by atoms with Crippen LogP contribution in [0.25, 0.3) is 0 Å². The molecule has 0 aromatic heterocycles. The number of rotatable bonds is 7. The molecule has 100 valence electrons. The van der Waals surface area contributed by atoms with Gasteiger partial charge in [0.15, 0.2) is 0 Å². The first-order chi connectivity index (χ1) is 8.19. The predicted octanol–water partition coefficient (Wildman–Crippen LogP) is 1.40. The van der Waals surface area contributed by atoms with Crippen LogP contribution in [-0.2, 0) is 9.53 Å². The fourth-order valence-corrected chi connectivity index (χ4v) is 2.53. The molecular formula is C13H26N2O2. The van der Waals surface area contributed by atoms with Gasteiger partial charge in [-0.25, -0.2) is 0 Å². The highest BCUT2D eigenvalue weighted by molar-refractivity contribution is 5.78. The summed E-state index contributed by atoms with van der Waals surface area (Å²) in [5.41, 5.74) is 0. The van der Waals surface area contributed by atoms with E-state index in [9.17, 15) is 4.79 Å². The molecule has 1 fully saturated rings. The van der Waals surface area contributed by atoms with Crippen LogP contribution in [0, 0.1) is 0 Å². The van der Waals surface area contributed by atoms with E-state index in [1.807, 2.05) is 18.7 Å². The fraction of sp³-hybridized carbons (Fsp3) is 0.923. The molecular weight excluding hydrogens is 216 g/mol. The predicted molar refractivity (Wildman–Crippen MR) is 69.0 cm³/mol. The van der Waals surface area contributed by atoms with Crippen LogP contribution in [0.15, 0.2) is 0 Å². The lowest BCUT2D eigenvalue weighted by molar-refractivity contribution is -0.133. The summed E-state index contributed by atoms with van der Waals surface area (Å²) < 4.78 is 5.10. The number of ether oxygens (including phenoxy) is 1. The summed E-state index contributed by atoms with van der Waals surface area (Å²) in [6, 6.07) is 0.707. The van der Waals surface area contributed by atoms with Crippen LogP contribution in [-0.4, -0.2) is 49.7 Å². The second kappa shape index (κ2) is 7.67. The van der Waals surface area contributed by atoms with Gasteiger partial charge in [0.2, 0.25) is 5.91 Å². The molecule has 1 aliphatic rings. The van der Waals surface area contributed by atoms with Gasteiger partial charge in [0.1, 0.15) is 0 Å². The molecule has 0 radical (unpaired) electrons. The zero-order chi connectivity index (χ0) is 12.7. The third kappa shape index (κ3) is 4.64. The number of hydrogen-bond donors (Lipinski definition) is 1. The highest BCUT2D eigenvalue weighted by Gasteiger charge is 2.20. The largest absolute Gasteiger partial charge is 0.383 e. The summed E-state index contributed by atoms with van der Waals surface area (Å²) in [5.74, 6) is 0.184. The monoisotopic (exact) mass is 242 g/mol. The topological polar surface area (TPSA) is 41.6 Å². The first-order valence-electron chi connectivity index (χ1n) is 6.70. The fourth-order valence-electron chi connectivity index (χ4n) is 2.53. The second-order valence-corrected chi connectivity index (χ2v) is 4.85. The van der Waals surface area contributed by atoms with E-state index in [1.54, 1.807) is 7.11 Å². The van der Waals surface area contributed by atoms with Gasteiger partial charge in [-0.1, -0.05) is 12.8 Å². The third-order valence-electron chi connectivity index (χ3n) is 3.50. The Labute approximate surface area is 105 Å². The molecule has 4 nitrogen and oxygen atoms in total. The quantitative estimate of drug-likeness (QED) is 0.734. The molecule has 1 rings (SSSR count). The lowest BCUT2D eigenvalue weighted by Crippen LogP contribution is -2.46. The van der Waals surface area contributed by atoms with Crippen molar-refractivity contribution in [2.75, 3.05) is 26.8 Å². The summed E-state index contributed by atoms with van der Waals surface area (Å²) in [6.07, 6.45) is 5.02. The van der Waals surface area contributed by atoms with E-state index in [-0.39, 0.29) is 11.9 Å². The van der Waals surface area contributed by atoms with E-state index in [0.29, 0.717) is 19.2 Å². The van der Waals surface area contributed by atoms with Gasteiger partial charge >= 0.3 is 0 Å². The van der Waals surface area contributed by atoms with Gasteiger partial charge in [0.25, 0.3) is 0 Å².